The summed E-state index contributed by atoms with van der Waals surface area (Å²) in [6.07, 6.45) is 2.37. The van der Waals surface area contributed by atoms with Gasteiger partial charge in [-0.2, -0.15) is 0 Å². The Kier molecular flexibility index (Phi) is 16.9. The molecule has 14 nitrogen and oxygen atoms in total. The normalized spacial score (nSPS) is 20.9. The van der Waals surface area contributed by atoms with Crippen LogP contribution >= 0.6 is 11.8 Å². The first-order valence-electron chi connectivity index (χ1n) is 22.6. The first-order chi connectivity index (χ1) is 32.9. The van der Waals surface area contributed by atoms with Gasteiger partial charge >= 0.3 is 5.97 Å². The second kappa shape index (κ2) is 23.8. The molecule has 15 heteroatoms. The molecule has 68 heavy (non-hydrogen) atoms. The minimum Gasteiger partial charge on any atom is -0.480 e. The first-order valence-corrected chi connectivity index (χ1v) is 23.5. The van der Waals surface area contributed by atoms with Crippen molar-refractivity contribution in [3.63, 3.8) is 0 Å². The van der Waals surface area contributed by atoms with Crippen molar-refractivity contribution in [1.82, 2.24) is 26.6 Å². The van der Waals surface area contributed by atoms with Crippen molar-refractivity contribution in [3.05, 3.63) is 173 Å². The van der Waals surface area contributed by atoms with Crippen LogP contribution in [-0.4, -0.2) is 82.0 Å². The van der Waals surface area contributed by atoms with E-state index in [0.29, 0.717) is 34.4 Å². The van der Waals surface area contributed by atoms with Crippen LogP contribution in [0.5, 0.6) is 0 Å². The summed E-state index contributed by atoms with van der Waals surface area (Å²) in [5.74, 6) is -5.07. The summed E-state index contributed by atoms with van der Waals surface area (Å²) in [5, 5.41) is 28.9. The Labute approximate surface area is 399 Å². The number of benzene rings is 5. The minimum absolute atomic E-state index is 0.00569. The Hall–Kier alpha value is -7.52. The van der Waals surface area contributed by atoms with E-state index in [1.165, 1.54) is 11.8 Å². The zero-order chi connectivity index (χ0) is 47.8. The number of carboxylic acid groups (broad SMARTS) is 1. The lowest BCUT2D eigenvalue weighted by atomic mass is 9.98. The van der Waals surface area contributed by atoms with Crippen LogP contribution in [-0.2, 0) is 59.2 Å². The average Bonchev–Trinajstić information content (AvgIpc) is 3.87. The molecule has 8 rings (SSSR count). The molecule has 2 bridgehead atoms. The quantitative estimate of drug-likeness (QED) is 0.0811. The maximum atomic E-state index is 14.8. The summed E-state index contributed by atoms with van der Waals surface area (Å²) >= 11 is 1.53. The van der Waals surface area contributed by atoms with E-state index in [9.17, 15) is 38.7 Å². The lowest BCUT2D eigenvalue weighted by Crippen LogP contribution is -2.60. The molecule has 3 aliphatic heterocycles. The fraction of sp³-hybridized carbons (Fsp3) is 0.264. The Balaban J connectivity index is 1.23. The van der Waals surface area contributed by atoms with Crippen molar-refractivity contribution in [3.8, 4) is 11.1 Å². The van der Waals surface area contributed by atoms with Gasteiger partial charge in [-0.25, -0.2) is 4.79 Å². The van der Waals surface area contributed by atoms with Gasteiger partial charge in [-0.1, -0.05) is 133 Å². The van der Waals surface area contributed by atoms with Gasteiger partial charge in [-0.3, -0.25) is 28.8 Å². The first kappa shape index (κ1) is 48.4. The number of carbonyl (C=O) groups is 7. The number of amides is 6. The number of allylic oxidation sites excluding steroid dienone is 1. The van der Waals surface area contributed by atoms with Gasteiger partial charge in [0.15, 0.2) is 0 Å². The van der Waals surface area contributed by atoms with Gasteiger partial charge in [-0.15, -0.1) is 11.8 Å². The highest BCUT2D eigenvalue weighted by Gasteiger charge is 2.34. The number of carbonyl (C=O) groups excluding carboxylic acids is 6. The van der Waals surface area contributed by atoms with Crippen LogP contribution in [0.3, 0.4) is 0 Å². The van der Waals surface area contributed by atoms with Crippen LogP contribution in [0.1, 0.15) is 47.9 Å². The van der Waals surface area contributed by atoms with Gasteiger partial charge in [0.1, 0.15) is 30.2 Å². The summed E-state index contributed by atoms with van der Waals surface area (Å²) in [5.41, 5.74) is 4.98. The summed E-state index contributed by atoms with van der Waals surface area (Å²) in [7, 11) is 0. The van der Waals surface area contributed by atoms with E-state index in [1.54, 1.807) is 78.9 Å². The van der Waals surface area contributed by atoms with Crippen molar-refractivity contribution in [2.45, 2.75) is 86.8 Å². The molecule has 0 fully saturated rings. The minimum atomic E-state index is -1.34. The molecule has 3 heterocycles. The molecule has 7 N–H and O–H groups in total. The van der Waals surface area contributed by atoms with E-state index in [-0.39, 0.29) is 50.2 Å². The average molecular weight is 935 g/mol. The van der Waals surface area contributed by atoms with Crippen molar-refractivity contribution >= 4 is 58.9 Å². The molecular weight excluding hydrogens is 881 g/mol. The van der Waals surface area contributed by atoms with E-state index >= 15 is 0 Å². The summed E-state index contributed by atoms with van der Waals surface area (Å²) in [6.45, 7) is 0. The molecule has 0 spiro atoms. The van der Waals surface area contributed by atoms with E-state index < -0.39 is 71.6 Å². The lowest BCUT2D eigenvalue weighted by molar-refractivity contribution is -0.142. The summed E-state index contributed by atoms with van der Waals surface area (Å²) < 4.78 is 0. The molecule has 6 amide bonds. The second-order valence-electron chi connectivity index (χ2n) is 16.9. The van der Waals surface area contributed by atoms with Crippen molar-refractivity contribution < 1.29 is 38.7 Å². The lowest BCUT2D eigenvalue weighted by Gasteiger charge is -2.28. The van der Waals surface area contributed by atoms with Crippen LogP contribution in [0, 0.1) is 0 Å². The van der Waals surface area contributed by atoms with Gasteiger partial charge in [0.25, 0.3) is 0 Å². The maximum absolute atomic E-state index is 14.8. The van der Waals surface area contributed by atoms with E-state index in [2.05, 4.69) is 31.9 Å². The molecule has 5 aromatic rings. The fourth-order valence-corrected chi connectivity index (χ4v) is 9.04. The maximum Gasteiger partial charge on any atom is 0.326 e. The van der Waals surface area contributed by atoms with E-state index in [4.69, 9.17) is 0 Å². The van der Waals surface area contributed by atoms with E-state index in [0.717, 1.165) is 11.1 Å². The monoisotopic (exact) mass is 934 g/mol. The Bertz CT molecular complexity index is 2570. The standard InChI is InChI=1S/C53H54N6O8S/c60-47-26-27-48(61)55-45(33-41-17-10-28-68-41)52(65)58-43(30-36-18-22-39(23-19-36)38-15-8-3-9-16-38)50(63)56-42(29-34-11-4-1-5-12-34)49(62)57-44(31-37-20-24-40(54-47)25-21-37)51(64)59-46(53(66)67)32-35-13-6-2-7-14-35/h1-16,18-25,28,41-46H,17,26-27,29-33H2,(H,54,60)(H,55,61)(H,56,63)(H,57,62)(H,58,65)(H,59,64)(H,66,67)/t41?,42-,43+,44-,45-,46+/m1/s1. The number of hydrogen-bond acceptors (Lipinski definition) is 8. The number of carboxylic acids is 1. The van der Waals surface area contributed by atoms with Crippen LogP contribution in [0.25, 0.3) is 11.1 Å². The molecule has 0 radical (unpaired) electrons. The topological polar surface area (TPSA) is 212 Å². The van der Waals surface area contributed by atoms with Gasteiger partial charge in [0.2, 0.25) is 35.4 Å². The Morgan fingerprint density at radius 1 is 0.603 bits per heavy atom. The van der Waals surface area contributed by atoms with Crippen molar-refractivity contribution in [2.24, 2.45) is 0 Å². The van der Waals surface area contributed by atoms with Crippen LogP contribution in [0.15, 0.2) is 151 Å². The highest BCUT2D eigenvalue weighted by Crippen LogP contribution is 2.28. The zero-order valence-corrected chi connectivity index (χ0v) is 38.1. The Morgan fingerprint density at radius 3 is 1.75 bits per heavy atom. The zero-order valence-electron chi connectivity index (χ0n) is 37.3. The predicted molar refractivity (Wildman–Crippen MR) is 261 cm³/mol. The third kappa shape index (κ3) is 14.2. The summed E-state index contributed by atoms with van der Waals surface area (Å²) in [6, 6.07) is 35.4. The molecule has 0 saturated heterocycles. The van der Waals surface area contributed by atoms with Crippen molar-refractivity contribution in [2.75, 3.05) is 5.32 Å². The molecule has 3 aliphatic rings. The number of aliphatic carboxylic acids is 1. The highest BCUT2D eigenvalue weighted by atomic mass is 32.2. The van der Waals surface area contributed by atoms with Crippen LogP contribution < -0.4 is 31.9 Å². The molecule has 350 valence electrons. The van der Waals surface area contributed by atoms with Crippen LogP contribution in [0.4, 0.5) is 5.69 Å². The molecule has 5 aromatic carbocycles. The Morgan fingerprint density at radius 2 is 1.15 bits per heavy atom. The molecule has 0 saturated carbocycles. The van der Waals surface area contributed by atoms with Crippen LogP contribution in [0.2, 0.25) is 0 Å². The number of nitrogens with one attached hydrogen (secondary N) is 6. The fourth-order valence-electron chi connectivity index (χ4n) is 8.07. The number of rotatable bonds is 12. The molecule has 1 unspecified atom stereocenters. The largest absolute Gasteiger partial charge is 0.480 e. The van der Waals surface area contributed by atoms with Gasteiger partial charge < -0.3 is 37.0 Å². The van der Waals surface area contributed by atoms with Gasteiger partial charge in [0, 0.05) is 49.5 Å². The molecule has 0 aliphatic carbocycles. The highest BCUT2D eigenvalue weighted by molar-refractivity contribution is 8.03. The van der Waals surface area contributed by atoms with E-state index in [1.807, 2.05) is 72.1 Å². The predicted octanol–water partition coefficient (Wildman–Crippen LogP) is 5.27. The number of fused-ring (bicyclic) bond motifs is 18. The third-order valence-electron chi connectivity index (χ3n) is 11.8. The molecule has 6 atom stereocenters. The third-order valence-corrected chi connectivity index (χ3v) is 12.9. The molecule has 0 aromatic heterocycles. The number of anilines is 1. The number of thioether (sulfide) groups is 1. The summed E-state index contributed by atoms with van der Waals surface area (Å²) in [4.78, 5) is 97.1. The number of hydrogen-bond donors (Lipinski definition) is 7. The van der Waals surface area contributed by atoms with Gasteiger partial charge in [-0.05, 0) is 63.8 Å². The smallest absolute Gasteiger partial charge is 0.326 e. The SMILES string of the molecule is O=C1CCC(=O)N[C@H](CC2CC=CS2)C(=O)N[C@@H](Cc2ccc(-c3ccccc3)cc2)C(=O)N[C@H](Cc2ccccc2)C(=O)N[C@@H](C(=O)N[C@@H](Cc2ccccc2)C(=O)O)Cc2ccc(cc2)N1. The molecular formula is C53H54N6O8S. The van der Waals surface area contributed by atoms with Crippen molar-refractivity contribution in [1.29, 1.82) is 0 Å². The second-order valence-corrected chi connectivity index (χ2v) is 18.1. The van der Waals surface area contributed by atoms with Gasteiger partial charge in [0.05, 0.1) is 0 Å².